The first-order valence-corrected chi connectivity index (χ1v) is 6.30. The van der Waals surface area contributed by atoms with Gasteiger partial charge in [0, 0.05) is 11.5 Å². The summed E-state index contributed by atoms with van der Waals surface area (Å²) in [6, 6.07) is 11.9. The highest BCUT2D eigenvalue weighted by Crippen LogP contribution is 2.18. The molecule has 0 aliphatic heterocycles. The Morgan fingerprint density at radius 2 is 1.89 bits per heavy atom. The summed E-state index contributed by atoms with van der Waals surface area (Å²) in [5.41, 5.74) is 2.00. The lowest BCUT2D eigenvalue weighted by Gasteiger charge is -2.09. The molecule has 0 radical (unpaired) electrons. The predicted molar refractivity (Wildman–Crippen MR) is 74.6 cm³/mol. The van der Waals surface area contributed by atoms with Crippen molar-refractivity contribution in [3.05, 3.63) is 48.8 Å². The highest BCUT2D eigenvalue weighted by molar-refractivity contribution is 5.79. The van der Waals surface area contributed by atoms with Gasteiger partial charge in [0.2, 0.25) is 5.88 Å². The Balaban J connectivity index is 1.98. The Morgan fingerprint density at radius 1 is 1.05 bits per heavy atom. The van der Waals surface area contributed by atoms with Crippen molar-refractivity contribution in [2.45, 2.75) is 20.0 Å². The van der Waals surface area contributed by atoms with E-state index >= 15 is 0 Å². The maximum absolute atomic E-state index is 5.53. The van der Waals surface area contributed by atoms with Gasteiger partial charge in [-0.2, -0.15) is 5.10 Å². The van der Waals surface area contributed by atoms with E-state index in [9.17, 15) is 0 Å². The zero-order valence-electron chi connectivity index (χ0n) is 10.9. The van der Waals surface area contributed by atoms with Gasteiger partial charge in [0.25, 0.3) is 0 Å². The number of rotatable bonds is 3. The van der Waals surface area contributed by atoms with Crippen LogP contribution in [-0.2, 0) is 0 Å². The first-order chi connectivity index (χ1) is 9.24. The molecule has 0 aliphatic rings. The maximum Gasteiger partial charge on any atom is 0.213 e. The predicted octanol–water partition coefficient (Wildman–Crippen LogP) is 3.21. The lowest BCUT2D eigenvalue weighted by atomic mass is 10.2. The van der Waals surface area contributed by atoms with Crippen molar-refractivity contribution >= 4 is 10.9 Å². The summed E-state index contributed by atoms with van der Waals surface area (Å²) < 4.78 is 7.41. The third kappa shape index (κ3) is 2.29. The molecule has 19 heavy (non-hydrogen) atoms. The van der Waals surface area contributed by atoms with Crippen LogP contribution in [-0.4, -0.2) is 20.9 Å². The monoisotopic (exact) mass is 253 g/mol. The normalized spacial score (nSPS) is 11.1. The summed E-state index contributed by atoms with van der Waals surface area (Å²) in [5, 5.41) is 5.51. The zero-order valence-corrected chi connectivity index (χ0v) is 10.9. The minimum Gasteiger partial charge on any atom is -0.475 e. The second-order valence-electron chi connectivity index (χ2n) is 4.64. The van der Waals surface area contributed by atoms with E-state index in [1.807, 2.05) is 61.1 Å². The Bertz CT molecular complexity index is 686. The molecule has 0 unspecified atom stereocenters. The fourth-order valence-corrected chi connectivity index (χ4v) is 1.99. The first-order valence-electron chi connectivity index (χ1n) is 6.30. The maximum atomic E-state index is 5.53. The summed E-state index contributed by atoms with van der Waals surface area (Å²) in [7, 11) is 0. The Hall–Kier alpha value is -2.36. The molecule has 0 bridgehead atoms. The summed E-state index contributed by atoms with van der Waals surface area (Å²) in [6.45, 7) is 3.97. The summed E-state index contributed by atoms with van der Waals surface area (Å²) in [5.74, 6) is 0.634. The molecule has 2 aromatic heterocycles. The van der Waals surface area contributed by atoms with Crippen molar-refractivity contribution in [3.63, 3.8) is 0 Å². The van der Waals surface area contributed by atoms with E-state index in [0.717, 1.165) is 16.6 Å². The van der Waals surface area contributed by atoms with Crippen molar-refractivity contribution in [3.8, 4) is 11.6 Å². The molecule has 96 valence electrons. The van der Waals surface area contributed by atoms with E-state index < -0.39 is 0 Å². The number of hydrogen-bond acceptors (Lipinski definition) is 3. The van der Waals surface area contributed by atoms with Crippen LogP contribution in [0.1, 0.15) is 13.8 Å². The van der Waals surface area contributed by atoms with Crippen LogP contribution < -0.4 is 4.74 Å². The van der Waals surface area contributed by atoms with E-state index in [4.69, 9.17) is 4.74 Å². The molecule has 4 nitrogen and oxygen atoms in total. The second-order valence-corrected chi connectivity index (χ2v) is 4.64. The van der Waals surface area contributed by atoms with Crippen LogP contribution in [0.2, 0.25) is 0 Å². The summed E-state index contributed by atoms with van der Waals surface area (Å²) in [4.78, 5) is 4.30. The van der Waals surface area contributed by atoms with E-state index in [-0.39, 0.29) is 6.10 Å². The molecule has 2 heterocycles. The first kappa shape index (κ1) is 11.7. The van der Waals surface area contributed by atoms with Gasteiger partial charge in [0.1, 0.15) is 0 Å². The minimum atomic E-state index is 0.129. The van der Waals surface area contributed by atoms with Crippen LogP contribution in [0.15, 0.2) is 48.8 Å². The number of ether oxygens (including phenoxy) is 1. The lowest BCUT2D eigenvalue weighted by Crippen LogP contribution is -2.07. The Labute approximate surface area is 111 Å². The molecule has 0 saturated carbocycles. The number of hydrogen-bond donors (Lipinski definition) is 0. The Kier molecular flexibility index (Phi) is 2.91. The molecule has 3 rings (SSSR count). The molecule has 0 saturated heterocycles. The van der Waals surface area contributed by atoms with Crippen LogP contribution in [0.3, 0.4) is 0 Å². The van der Waals surface area contributed by atoms with Gasteiger partial charge in [-0.1, -0.05) is 18.2 Å². The molecule has 1 aromatic carbocycles. The number of nitrogens with zero attached hydrogens (tertiary/aromatic N) is 3. The summed E-state index contributed by atoms with van der Waals surface area (Å²) >= 11 is 0. The van der Waals surface area contributed by atoms with Crippen LogP contribution in [0.5, 0.6) is 5.88 Å². The van der Waals surface area contributed by atoms with Crippen LogP contribution in [0.4, 0.5) is 0 Å². The molecule has 0 spiro atoms. The van der Waals surface area contributed by atoms with Crippen molar-refractivity contribution in [2.24, 2.45) is 0 Å². The lowest BCUT2D eigenvalue weighted by molar-refractivity contribution is 0.232. The number of benzene rings is 1. The van der Waals surface area contributed by atoms with Gasteiger partial charge in [-0.3, -0.25) is 0 Å². The number of fused-ring (bicyclic) bond motifs is 1. The molecular weight excluding hydrogens is 238 g/mol. The van der Waals surface area contributed by atoms with Crippen molar-refractivity contribution in [2.75, 3.05) is 0 Å². The average Bonchev–Trinajstić information content (AvgIpc) is 2.83. The van der Waals surface area contributed by atoms with Gasteiger partial charge < -0.3 is 4.74 Å². The zero-order chi connectivity index (χ0) is 13.2. The molecule has 0 fully saturated rings. The highest BCUT2D eigenvalue weighted by Gasteiger charge is 2.05. The van der Waals surface area contributed by atoms with Gasteiger partial charge in [-0.15, -0.1) is 0 Å². The standard InChI is InChI=1S/C15H15N3O/c1-11(2)19-15-8-7-13(10-16-15)18-14-6-4-3-5-12(14)9-17-18/h3-11H,1-2H3. The molecule has 0 atom stereocenters. The molecule has 0 aliphatic carbocycles. The van der Waals surface area contributed by atoms with E-state index in [0.29, 0.717) is 5.88 Å². The van der Waals surface area contributed by atoms with Crippen LogP contribution in [0.25, 0.3) is 16.6 Å². The van der Waals surface area contributed by atoms with Gasteiger partial charge >= 0.3 is 0 Å². The number of para-hydroxylation sites is 1. The quantitative estimate of drug-likeness (QED) is 0.719. The van der Waals surface area contributed by atoms with Crippen molar-refractivity contribution < 1.29 is 4.74 Å². The minimum absolute atomic E-state index is 0.129. The average molecular weight is 253 g/mol. The van der Waals surface area contributed by atoms with Gasteiger partial charge in [-0.05, 0) is 26.0 Å². The number of pyridine rings is 1. The van der Waals surface area contributed by atoms with Gasteiger partial charge in [0.15, 0.2) is 0 Å². The molecule has 0 amide bonds. The van der Waals surface area contributed by atoms with Crippen LogP contribution in [0, 0.1) is 0 Å². The van der Waals surface area contributed by atoms with Gasteiger partial charge in [-0.25, -0.2) is 9.67 Å². The topological polar surface area (TPSA) is 39.9 Å². The second kappa shape index (κ2) is 4.72. The Morgan fingerprint density at radius 3 is 2.63 bits per heavy atom. The van der Waals surface area contributed by atoms with Crippen LogP contribution >= 0.6 is 0 Å². The molecular formula is C15H15N3O. The molecule has 4 heteroatoms. The molecule has 3 aromatic rings. The van der Waals surface area contributed by atoms with Crippen molar-refractivity contribution in [1.29, 1.82) is 0 Å². The number of aromatic nitrogens is 3. The fraction of sp³-hybridized carbons (Fsp3) is 0.200. The molecule has 0 N–H and O–H groups in total. The third-order valence-corrected chi connectivity index (χ3v) is 2.80. The van der Waals surface area contributed by atoms with E-state index in [2.05, 4.69) is 10.1 Å². The highest BCUT2D eigenvalue weighted by atomic mass is 16.5. The fourth-order valence-electron chi connectivity index (χ4n) is 1.99. The SMILES string of the molecule is CC(C)Oc1ccc(-n2ncc3ccccc32)cn1. The van der Waals surface area contributed by atoms with Gasteiger partial charge in [0.05, 0.1) is 29.7 Å². The van der Waals surface area contributed by atoms with Crippen molar-refractivity contribution in [1.82, 2.24) is 14.8 Å². The van der Waals surface area contributed by atoms with E-state index in [1.165, 1.54) is 0 Å². The third-order valence-electron chi connectivity index (χ3n) is 2.80. The smallest absolute Gasteiger partial charge is 0.213 e. The summed E-state index contributed by atoms with van der Waals surface area (Å²) in [6.07, 6.45) is 3.76. The largest absolute Gasteiger partial charge is 0.475 e. The van der Waals surface area contributed by atoms with E-state index in [1.54, 1.807) is 6.20 Å².